The third-order valence-corrected chi connectivity index (χ3v) is 5.66. The van der Waals surface area contributed by atoms with E-state index >= 15 is 0 Å². The van der Waals surface area contributed by atoms with E-state index in [1.54, 1.807) is 0 Å². The van der Waals surface area contributed by atoms with Gasteiger partial charge in [0.25, 0.3) is 0 Å². The van der Waals surface area contributed by atoms with Gasteiger partial charge in [-0.3, -0.25) is 4.90 Å². The Morgan fingerprint density at radius 3 is 2.35 bits per heavy atom. The number of nitrogens with one attached hydrogen (secondary N) is 1. The molecule has 2 rings (SSSR count). The van der Waals surface area contributed by atoms with Crippen molar-refractivity contribution in [1.29, 1.82) is 0 Å². The average molecular weight is 281 g/mol. The first-order valence-electron chi connectivity index (χ1n) is 8.90. The molecular weight excluding hydrogens is 244 g/mol. The van der Waals surface area contributed by atoms with Crippen molar-refractivity contribution in [2.45, 2.75) is 78.8 Å². The summed E-state index contributed by atoms with van der Waals surface area (Å²) in [4.78, 5) is 2.81. The van der Waals surface area contributed by atoms with Crippen molar-refractivity contribution in [3.05, 3.63) is 0 Å². The van der Waals surface area contributed by atoms with Crippen molar-refractivity contribution in [3.8, 4) is 0 Å². The molecule has 2 nitrogen and oxygen atoms in total. The maximum Gasteiger partial charge on any atom is 0.0275 e. The molecule has 0 amide bonds. The molecule has 20 heavy (non-hydrogen) atoms. The third-order valence-electron chi connectivity index (χ3n) is 5.66. The molecule has 4 unspecified atom stereocenters. The first-order chi connectivity index (χ1) is 9.43. The van der Waals surface area contributed by atoms with Crippen molar-refractivity contribution in [2.75, 3.05) is 19.6 Å². The van der Waals surface area contributed by atoms with E-state index in [4.69, 9.17) is 0 Å². The van der Waals surface area contributed by atoms with Crippen LogP contribution in [0, 0.1) is 17.3 Å². The number of likely N-dealkylation sites (tertiary alicyclic amines) is 1. The molecule has 0 aromatic heterocycles. The van der Waals surface area contributed by atoms with Crippen LogP contribution in [0.15, 0.2) is 0 Å². The first-order valence-corrected chi connectivity index (χ1v) is 8.90. The number of nitrogens with zero attached hydrogens (tertiary/aromatic N) is 1. The highest BCUT2D eigenvalue weighted by molar-refractivity contribution is 4.96. The van der Waals surface area contributed by atoms with Crippen molar-refractivity contribution in [1.82, 2.24) is 10.2 Å². The van der Waals surface area contributed by atoms with Gasteiger partial charge in [-0.1, -0.05) is 34.6 Å². The van der Waals surface area contributed by atoms with Crippen molar-refractivity contribution >= 4 is 0 Å². The normalized spacial score (nSPS) is 38.9. The van der Waals surface area contributed by atoms with E-state index in [1.165, 1.54) is 51.7 Å². The Morgan fingerprint density at radius 2 is 1.75 bits per heavy atom. The molecular formula is C18H36N2. The summed E-state index contributed by atoms with van der Waals surface area (Å²) >= 11 is 0. The molecule has 1 saturated carbocycles. The zero-order valence-corrected chi connectivity index (χ0v) is 14.4. The second kappa shape index (κ2) is 6.79. The first kappa shape index (κ1) is 16.3. The lowest BCUT2D eigenvalue weighted by molar-refractivity contribution is 0.0207. The summed E-state index contributed by atoms with van der Waals surface area (Å²) in [5.41, 5.74) is 0.564. The van der Waals surface area contributed by atoms with Crippen LogP contribution in [0.5, 0.6) is 0 Å². The van der Waals surface area contributed by atoms with Gasteiger partial charge in [0.15, 0.2) is 0 Å². The van der Waals surface area contributed by atoms with E-state index in [9.17, 15) is 0 Å². The zero-order chi connectivity index (χ0) is 14.8. The van der Waals surface area contributed by atoms with Gasteiger partial charge in [0.2, 0.25) is 0 Å². The second-order valence-electron chi connectivity index (χ2n) is 8.31. The van der Waals surface area contributed by atoms with Crippen LogP contribution in [0.2, 0.25) is 0 Å². The van der Waals surface area contributed by atoms with Gasteiger partial charge in [0, 0.05) is 12.1 Å². The quantitative estimate of drug-likeness (QED) is 0.840. The molecule has 2 aliphatic rings. The summed E-state index contributed by atoms with van der Waals surface area (Å²) in [6, 6.07) is 1.49. The van der Waals surface area contributed by atoms with Gasteiger partial charge in [0.05, 0.1) is 0 Å². The van der Waals surface area contributed by atoms with Crippen LogP contribution in [0.1, 0.15) is 66.7 Å². The van der Waals surface area contributed by atoms with Crippen LogP contribution in [0.4, 0.5) is 0 Å². The number of rotatable bonds is 4. The highest BCUT2D eigenvalue weighted by Crippen LogP contribution is 2.37. The maximum absolute atomic E-state index is 3.86. The smallest absolute Gasteiger partial charge is 0.0275 e. The van der Waals surface area contributed by atoms with Crippen LogP contribution >= 0.6 is 0 Å². The van der Waals surface area contributed by atoms with Crippen molar-refractivity contribution < 1.29 is 0 Å². The topological polar surface area (TPSA) is 15.3 Å². The predicted molar refractivity (Wildman–Crippen MR) is 88.0 cm³/mol. The molecule has 0 bridgehead atoms. The lowest BCUT2D eigenvalue weighted by Gasteiger charge is -2.49. The van der Waals surface area contributed by atoms with Gasteiger partial charge in [-0.05, 0) is 69.0 Å². The largest absolute Gasteiger partial charge is 0.312 e. The molecule has 0 aromatic carbocycles. The number of piperidine rings is 1. The summed E-state index contributed by atoms with van der Waals surface area (Å²) < 4.78 is 0. The lowest BCUT2D eigenvalue weighted by atomic mass is 9.74. The summed E-state index contributed by atoms with van der Waals surface area (Å²) in [6.07, 6.45) is 6.77. The minimum Gasteiger partial charge on any atom is -0.312 e. The SMILES string of the molecule is CCCNC1CC(C)CC(C)C1N1CCC(C)(C)CC1. The fraction of sp³-hybridized carbons (Fsp3) is 1.00. The molecule has 118 valence electrons. The predicted octanol–water partition coefficient (Wildman–Crippen LogP) is 3.91. The molecule has 1 heterocycles. The Hall–Kier alpha value is -0.0800. The summed E-state index contributed by atoms with van der Waals surface area (Å²) in [5, 5.41) is 3.86. The Balaban J connectivity index is 2.01. The third kappa shape index (κ3) is 3.98. The summed E-state index contributed by atoms with van der Waals surface area (Å²) in [6.45, 7) is 15.9. The molecule has 1 aliphatic heterocycles. The van der Waals surface area contributed by atoms with E-state index in [0.717, 1.165) is 23.9 Å². The van der Waals surface area contributed by atoms with Crippen LogP contribution < -0.4 is 5.32 Å². The Bertz CT molecular complexity index is 290. The van der Waals surface area contributed by atoms with Gasteiger partial charge in [-0.15, -0.1) is 0 Å². The van der Waals surface area contributed by atoms with Gasteiger partial charge in [-0.2, -0.15) is 0 Å². The Morgan fingerprint density at radius 1 is 1.10 bits per heavy atom. The molecule has 2 fully saturated rings. The van der Waals surface area contributed by atoms with Gasteiger partial charge in [0.1, 0.15) is 0 Å². The van der Waals surface area contributed by atoms with Gasteiger partial charge < -0.3 is 5.32 Å². The molecule has 2 heteroatoms. The van der Waals surface area contributed by atoms with E-state index < -0.39 is 0 Å². The maximum atomic E-state index is 3.86. The molecule has 0 spiro atoms. The number of hydrogen-bond acceptors (Lipinski definition) is 2. The van der Waals surface area contributed by atoms with E-state index in [-0.39, 0.29) is 0 Å². The van der Waals surface area contributed by atoms with Gasteiger partial charge in [-0.25, -0.2) is 0 Å². The zero-order valence-electron chi connectivity index (χ0n) is 14.4. The Kier molecular flexibility index (Phi) is 5.53. The van der Waals surface area contributed by atoms with E-state index in [2.05, 4.69) is 44.8 Å². The monoisotopic (exact) mass is 280 g/mol. The van der Waals surface area contributed by atoms with Crippen LogP contribution in [-0.2, 0) is 0 Å². The molecule has 4 atom stereocenters. The van der Waals surface area contributed by atoms with Crippen molar-refractivity contribution in [3.63, 3.8) is 0 Å². The van der Waals surface area contributed by atoms with Gasteiger partial charge >= 0.3 is 0 Å². The van der Waals surface area contributed by atoms with E-state index in [1.807, 2.05) is 0 Å². The standard InChI is InChI=1S/C18H36N2/c1-6-9-19-16-13-14(2)12-15(3)17(16)20-10-7-18(4,5)8-11-20/h14-17,19H,6-13H2,1-5H3. The fourth-order valence-electron chi connectivity index (χ4n) is 4.42. The molecule has 0 radical (unpaired) electrons. The highest BCUT2D eigenvalue weighted by atomic mass is 15.2. The van der Waals surface area contributed by atoms with Crippen molar-refractivity contribution in [2.24, 2.45) is 17.3 Å². The lowest BCUT2D eigenvalue weighted by Crippen LogP contribution is -2.58. The summed E-state index contributed by atoms with van der Waals surface area (Å²) in [5.74, 6) is 1.73. The minimum atomic E-state index is 0.564. The second-order valence-corrected chi connectivity index (χ2v) is 8.31. The highest BCUT2D eigenvalue weighted by Gasteiger charge is 2.39. The molecule has 1 aliphatic carbocycles. The summed E-state index contributed by atoms with van der Waals surface area (Å²) in [7, 11) is 0. The molecule has 1 saturated heterocycles. The van der Waals surface area contributed by atoms with Crippen LogP contribution in [0.25, 0.3) is 0 Å². The van der Waals surface area contributed by atoms with Crippen LogP contribution in [-0.4, -0.2) is 36.6 Å². The van der Waals surface area contributed by atoms with E-state index in [0.29, 0.717) is 5.41 Å². The molecule has 0 aromatic rings. The number of hydrogen-bond donors (Lipinski definition) is 1. The fourth-order valence-corrected chi connectivity index (χ4v) is 4.42. The van der Waals surface area contributed by atoms with Crippen LogP contribution in [0.3, 0.4) is 0 Å². The molecule has 1 N–H and O–H groups in total. The Labute approximate surface area is 126 Å². The minimum absolute atomic E-state index is 0.564. The average Bonchev–Trinajstić information content (AvgIpc) is 2.37.